The Hall–Kier alpha value is -8.50. The topological polar surface area (TPSA) is 8.17 Å². The van der Waals surface area contributed by atoms with Gasteiger partial charge in [0.15, 0.2) is 0 Å². The van der Waals surface area contributed by atoms with Crippen LogP contribution in [0.15, 0.2) is 255 Å². The third kappa shape index (κ3) is 6.88. The van der Waals surface area contributed by atoms with Crippen LogP contribution in [0.4, 0.5) is 17.1 Å². The van der Waals surface area contributed by atoms with Crippen molar-refractivity contribution in [2.75, 3.05) is 4.90 Å². The van der Waals surface area contributed by atoms with Gasteiger partial charge in [0.05, 0.1) is 11.0 Å². The highest BCUT2D eigenvalue weighted by molar-refractivity contribution is 7.25. The molecule has 2 nitrogen and oxygen atoms in total. The van der Waals surface area contributed by atoms with E-state index < -0.39 is 0 Å². The number of benzene rings is 11. The van der Waals surface area contributed by atoms with Crippen LogP contribution >= 0.6 is 11.3 Å². The van der Waals surface area contributed by atoms with E-state index in [4.69, 9.17) is 0 Å². The fourth-order valence-electron chi connectivity index (χ4n) is 10.1. The molecule has 3 heteroatoms. The average molecular weight is 871 g/mol. The van der Waals surface area contributed by atoms with Crippen LogP contribution in [0.25, 0.3) is 103 Å². The second-order valence-electron chi connectivity index (χ2n) is 17.3. The van der Waals surface area contributed by atoms with E-state index in [-0.39, 0.29) is 0 Å². The number of fused-ring (bicyclic) bond motifs is 8. The first-order valence-corrected chi connectivity index (χ1v) is 23.7. The number of rotatable bonds is 8. The molecular formula is C64H42N2S. The van der Waals surface area contributed by atoms with Crippen LogP contribution in [0.5, 0.6) is 0 Å². The monoisotopic (exact) mass is 870 g/mol. The Morgan fingerprint density at radius 3 is 1.46 bits per heavy atom. The highest BCUT2D eigenvalue weighted by atomic mass is 32.1. The molecule has 11 aromatic carbocycles. The number of hydrogen-bond donors (Lipinski definition) is 0. The molecule has 0 atom stereocenters. The molecule has 0 spiro atoms. The summed E-state index contributed by atoms with van der Waals surface area (Å²) in [5, 5.41) is 7.62. The molecule has 314 valence electrons. The maximum absolute atomic E-state index is 2.45. The molecule has 0 saturated carbocycles. The lowest BCUT2D eigenvalue weighted by atomic mass is 9.97. The molecular weight excluding hydrogens is 829 g/mol. The van der Waals surface area contributed by atoms with Gasteiger partial charge in [-0.2, -0.15) is 0 Å². The lowest BCUT2D eigenvalue weighted by molar-refractivity contribution is 1.19. The molecule has 0 amide bonds. The third-order valence-electron chi connectivity index (χ3n) is 13.4. The van der Waals surface area contributed by atoms with E-state index in [1.807, 2.05) is 11.3 Å². The van der Waals surface area contributed by atoms with Gasteiger partial charge < -0.3 is 9.47 Å². The average Bonchev–Trinajstić information content (AvgIpc) is 3.95. The number of anilines is 3. The van der Waals surface area contributed by atoms with Crippen molar-refractivity contribution in [2.45, 2.75) is 0 Å². The summed E-state index contributed by atoms with van der Waals surface area (Å²) in [6.45, 7) is 0. The summed E-state index contributed by atoms with van der Waals surface area (Å²) < 4.78 is 5.08. The van der Waals surface area contributed by atoms with E-state index in [0.29, 0.717) is 0 Å². The summed E-state index contributed by atoms with van der Waals surface area (Å²) in [5.41, 5.74) is 16.3. The van der Waals surface area contributed by atoms with E-state index in [1.165, 1.54) is 91.7 Å². The number of hydrogen-bond acceptors (Lipinski definition) is 2. The summed E-state index contributed by atoms with van der Waals surface area (Å²) in [6.07, 6.45) is 0. The van der Waals surface area contributed by atoms with Crippen molar-refractivity contribution < 1.29 is 0 Å². The van der Waals surface area contributed by atoms with Gasteiger partial charge in [-0.05, 0) is 129 Å². The minimum Gasteiger partial charge on any atom is -0.310 e. The molecule has 0 N–H and O–H groups in total. The molecule has 0 saturated heterocycles. The predicted molar refractivity (Wildman–Crippen MR) is 288 cm³/mol. The first-order valence-electron chi connectivity index (χ1n) is 22.9. The number of thiophene rings is 1. The number of para-hydroxylation sites is 1. The zero-order chi connectivity index (χ0) is 44.3. The van der Waals surface area contributed by atoms with Gasteiger partial charge in [-0.25, -0.2) is 0 Å². The van der Waals surface area contributed by atoms with Crippen LogP contribution in [0.1, 0.15) is 0 Å². The van der Waals surface area contributed by atoms with E-state index in [9.17, 15) is 0 Å². The molecule has 13 rings (SSSR count). The first-order chi connectivity index (χ1) is 33.2. The lowest BCUT2D eigenvalue weighted by Crippen LogP contribution is -2.10. The molecule has 13 aromatic rings. The third-order valence-corrected chi connectivity index (χ3v) is 14.5. The second-order valence-corrected chi connectivity index (χ2v) is 18.4. The first kappa shape index (κ1) is 38.9. The smallest absolute Gasteiger partial charge is 0.0619 e. The van der Waals surface area contributed by atoms with E-state index in [0.717, 1.165) is 28.3 Å². The van der Waals surface area contributed by atoms with Gasteiger partial charge in [0.1, 0.15) is 0 Å². The molecule has 0 aliphatic carbocycles. The molecule has 0 aliphatic heterocycles. The fourth-order valence-corrected chi connectivity index (χ4v) is 11.2. The molecule has 0 radical (unpaired) electrons. The van der Waals surface area contributed by atoms with E-state index in [1.54, 1.807) is 0 Å². The lowest BCUT2D eigenvalue weighted by Gasteiger charge is -2.27. The highest BCUT2D eigenvalue weighted by Crippen LogP contribution is 2.43. The van der Waals surface area contributed by atoms with Crippen LogP contribution < -0.4 is 4.90 Å². The van der Waals surface area contributed by atoms with Gasteiger partial charge in [0.2, 0.25) is 0 Å². The Balaban J connectivity index is 0.948. The van der Waals surface area contributed by atoms with Gasteiger partial charge in [0.25, 0.3) is 0 Å². The predicted octanol–water partition coefficient (Wildman–Crippen LogP) is 18.4. The Labute approximate surface area is 393 Å². The van der Waals surface area contributed by atoms with E-state index >= 15 is 0 Å². The van der Waals surface area contributed by atoms with Crippen LogP contribution in [0.2, 0.25) is 0 Å². The summed E-state index contributed by atoms with van der Waals surface area (Å²) in [4.78, 5) is 2.41. The maximum Gasteiger partial charge on any atom is 0.0619 e. The maximum atomic E-state index is 2.45. The Bertz CT molecular complexity index is 3890. The van der Waals surface area contributed by atoms with Crippen LogP contribution in [-0.2, 0) is 0 Å². The molecule has 0 bridgehead atoms. The zero-order valence-electron chi connectivity index (χ0n) is 36.6. The Kier molecular flexibility index (Phi) is 9.40. The van der Waals surface area contributed by atoms with Crippen LogP contribution in [0, 0.1) is 0 Å². The molecule has 2 heterocycles. The standard InChI is InChI=1S/C64H42N2S/c1-4-14-43(15-5-1)50-38-51(44-16-6-2-7-17-44)40-55(39-50)65(53-31-24-45(25-32-53)48-30-37-63-60(41-48)58-22-12-13-23-62(58)67-63)54-33-26-46(27-34-54)49-29-35-57-59-36-28-47-18-10-11-21-56(47)64(59)66(61(57)42-49)52-19-8-3-9-20-52/h1-42H. The quantitative estimate of drug-likeness (QED) is 0.148. The van der Waals surface area contributed by atoms with Crippen molar-refractivity contribution in [3.63, 3.8) is 0 Å². The van der Waals surface area contributed by atoms with Crippen molar-refractivity contribution in [1.82, 2.24) is 4.57 Å². The SMILES string of the molecule is c1ccc(-c2cc(-c3ccccc3)cc(N(c3ccc(-c4ccc5sc6ccccc6c5c4)cc3)c3ccc(-c4ccc5c6ccc7ccccc7c6n(-c6ccccc6)c5c4)cc3)c2)cc1. The fraction of sp³-hybridized carbons (Fsp3) is 0. The zero-order valence-corrected chi connectivity index (χ0v) is 37.4. The molecule has 2 aromatic heterocycles. The van der Waals surface area contributed by atoms with Crippen LogP contribution in [0.3, 0.4) is 0 Å². The molecule has 0 aliphatic rings. The molecule has 67 heavy (non-hydrogen) atoms. The van der Waals surface area contributed by atoms with Crippen molar-refractivity contribution in [2.24, 2.45) is 0 Å². The highest BCUT2D eigenvalue weighted by Gasteiger charge is 2.19. The molecule has 0 unspecified atom stereocenters. The van der Waals surface area contributed by atoms with E-state index in [2.05, 4.69) is 264 Å². The second kappa shape index (κ2) is 16.2. The summed E-state index contributed by atoms with van der Waals surface area (Å²) >= 11 is 1.86. The summed E-state index contributed by atoms with van der Waals surface area (Å²) in [5.74, 6) is 0. The minimum absolute atomic E-state index is 1.08. The molecule has 0 fully saturated rings. The summed E-state index contributed by atoms with van der Waals surface area (Å²) in [7, 11) is 0. The number of nitrogens with zero attached hydrogens (tertiary/aromatic N) is 2. The van der Waals surface area contributed by atoms with Gasteiger partial charge in [0, 0.05) is 59.1 Å². The van der Waals surface area contributed by atoms with Gasteiger partial charge >= 0.3 is 0 Å². The van der Waals surface area contributed by atoms with Crippen molar-refractivity contribution in [3.05, 3.63) is 255 Å². The van der Waals surface area contributed by atoms with Gasteiger partial charge in [-0.1, -0.05) is 176 Å². The Morgan fingerprint density at radius 1 is 0.284 bits per heavy atom. The minimum atomic E-state index is 1.08. The normalized spacial score (nSPS) is 11.6. The van der Waals surface area contributed by atoms with Crippen molar-refractivity contribution in [3.8, 4) is 50.2 Å². The number of aromatic nitrogens is 1. The van der Waals surface area contributed by atoms with Gasteiger partial charge in [-0.3, -0.25) is 0 Å². The Morgan fingerprint density at radius 2 is 0.791 bits per heavy atom. The van der Waals surface area contributed by atoms with Crippen molar-refractivity contribution in [1.29, 1.82) is 0 Å². The van der Waals surface area contributed by atoms with Crippen LogP contribution in [-0.4, -0.2) is 4.57 Å². The largest absolute Gasteiger partial charge is 0.310 e. The van der Waals surface area contributed by atoms with Gasteiger partial charge in [-0.15, -0.1) is 11.3 Å². The summed E-state index contributed by atoms with van der Waals surface area (Å²) in [6, 6.07) is 93.2. The van der Waals surface area contributed by atoms with Crippen molar-refractivity contribution >= 4 is 81.1 Å².